The van der Waals surface area contributed by atoms with Gasteiger partial charge >= 0.3 is 5.97 Å². The summed E-state index contributed by atoms with van der Waals surface area (Å²) in [6.45, 7) is 0. The fourth-order valence-electron chi connectivity index (χ4n) is 2.63. The van der Waals surface area contributed by atoms with Crippen molar-refractivity contribution in [3.05, 3.63) is 51.7 Å². The van der Waals surface area contributed by atoms with Crippen molar-refractivity contribution in [3.63, 3.8) is 0 Å². The molecule has 3 nitrogen and oxygen atoms in total. The van der Waals surface area contributed by atoms with Crippen LogP contribution in [0.4, 0.5) is 0 Å². The molecule has 1 aromatic heterocycles. The Balaban J connectivity index is 1.59. The van der Waals surface area contributed by atoms with Gasteiger partial charge in [0.2, 0.25) is 0 Å². The molecule has 4 heteroatoms. The SMILES string of the molecule is COC(=O)CCc1ccc(OC2CCc3sccc32)cc1. The van der Waals surface area contributed by atoms with Gasteiger partial charge in [-0.2, -0.15) is 0 Å². The summed E-state index contributed by atoms with van der Waals surface area (Å²) in [5, 5.41) is 2.14. The molecule has 1 aromatic carbocycles. The van der Waals surface area contributed by atoms with Crippen molar-refractivity contribution in [2.45, 2.75) is 31.8 Å². The van der Waals surface area contributed by atoms with Crippen LogP contribution < -0.4 is 4.74 Å². The number of fused-ring (bicyclic) bond motifs is 1. The van der Waals surface area contributed by atoms with Gasteiger partial charge in [0.15, 0.2) is 0 Å². The van der Waals surface area contributed by atoms with Crippen molar-refractivity contribution in [1.82, 2.24) is 0 Å². The number of hydrogen-bond acceptors (Lipinski definition) is 4. The maximum absolute atomic E-state index is 11.1. The Bertz CT molecular complexity index is 615. The quantitative estimate of drug-likeness (QED) is 0.785. The fourth-order valence-corrected chi connectivity index (χ4v) is 3.58. The lowest BCUT2D eigenvalue weighted by Crippen LogP contribution is -2.03. The van der Waals surface area contributed by atoms with Crippen LogP contribution in [0.5, 0.6) is 5.75 Å². The first-order valence-electron chi connectivity index (χ1n) is 7.15. The first kappa shape index (κ1) is 14.1. The topological polar surface area (TPSA) is 35.5 Å². The second-order valence-corrected chi connectivity index (χ2v) is 6.17. The summed E-state index contributed by atoms with van der Waals surface area (Å²) in [7, 11) is 1.42. The largest absolute Gasteiger partial charge is 0.486 e. The van der Waals surface area contributed by atoms with Gasteiger partial charge in [-0.1, -0.05) is 12.1 Å². The molecule has 1 unspecified atom stereocenters. The van der Waals surface area contributed by atoms with E-state index in [0.717, 1.165) is 24.2 Å². The lowest BCUT2D eigenvalue weighted by atomic mass is 10.1. The summed E-state index contributed by atoms with van der Waals surface area (Å²) in [6, 6.07) is 10.2. The zero-order valence-electron chi connectivity index (χ0n) is 12.0. The molecule has 1 heterocycles. The van der Waals surface area contributed by atoms with Gasteiger partial charge in [0.1, 0.15) is 11.9 Å². The van der Waals surface area contributed by atoms with Gasteiger partial charge in [-0.3, -0.25) is 4.79 Å². The highest BCUT2D eigenvalue weighted by Crippen LogP contribution is 2.37. The van der Waals surface area contributed by atoms with E-state index in [1.54, 1.807) is 0 Å². The molecule has 0 amide bonds. The zero-order valence-corrected chi connectivity index (χ0v) is 12.8. The predicted octanol–water partition coefficient (Wildman–Crippen LogP) is 3.92. The fraction of sp³-hybridized carbons (Fsp3) is 0.353. The van der Waals surface area contributed by atoms with Gasteiger partial charge in [-0.15, -0.1) is 11.3 Å². The molecule has 110 valence electrons. The number of esters is 1. The number of aryl methyl sites for hydroxylation is 2. The van der Waals surface area contributed by atoms with Crippen molar-refractivity contribution in [1.29, 1.82) is 0 Å². The summed E-state index contributed by atoms with van der Waals surface area (Å²) < 4.78 is 10.7. The minimum Gasteiger partial charge on any atom is -0.486 e. The van der Waals surface area contributed by atoms with Gasteiger partial charge in [0.25, 0.3) is 0 Å². The highest BCUT2D eigenvalue weighted by molar-refractivity contribution is 7.10. The Morgan fingerprint density at radius 3 is 2.86 bits per heavy atom. The molecule has 2 aromatic rings. The molecule has 0 bridgehead atoms. The van der Waals surface area contributed by atoms with E-state index in [9.17, 15) is 4.79 Å². The summed E-state index contributed by atoms with van der Waals surface area (Å²) in [4.78, 5) is 12.6. The van der Waals surface area contributed by atoms with Crippen molar-refractivity contribution < 1.29 is 14.3 Å². The van der Waals surface area contributed by atoms with Gasteiger partial charge < -0.3 is 9.47 Å². The average Bonchev–Trinajstić information content (AvgIpc) is 3.11. The Morgan fingerprint density at radius 1 is 1.29 bits per heavy atom. The van der Waals surface area contributed by atoms with E-state index in [4.69, 9.17) is 4.74 Å². The monoisotopic (exact) mass is 302 g/mol. The Hall–Kier alpha value is -1.81. The summed E-state index contributed by atoms with van der Waals surface area (Å²) in [5.41, 5.74) is 2.46. The Kier molecular flexibility index (Phi) is 4.25. The first-order valence-corrected chi connectivity index (χ1v) is 8.03. The van der Waals surface area contributed by atoms with Crippen molar-refractivity contribution >= 4 is 17.3 Å². The molecule has 3 rings (SSSR count). The highest BCUT2D eigenvalue weighted by Gasteiger charge is 2.24. The smallest absolute Gasteiger partial charge is 0.305 e. The number of hydrogen-bond donors (Lipinski definition) is 0. The van der Waals surface area contributed by atoms with Crippen molar-refractivity contribution in [2.24, 2.45) is 0 Å². The first-order chi connectivity index (χ1) is 10.3. The normalized spacial score (nSPS) is 16.5. The predicted molar refractivity (Wildman–Crippen MR) is 82.8 cm³/mol. The third-order valence-electron chi connectivity index (χ3n) is 3.81. The lowest BCUT2D eigenvalue weighted by molar-refractivity contribution is -0.140. The number of carbonyl (C=O) groups is 1. The molecule has 0 N–H and O–H groups in total. The van der Waals surface area contributed by atoms with Gasteiger partial charge in [-0.05, 0) is 48.4 Å². The minimum absolute atomic E-state index is 0.175. The third kappa shape index (κ3) is 3.27. The number of ether oxygens (including phenoxy) is 2. The van der Waals surface area contributed by atoms with Crippen LogP contribution >= 0.6 is 11.3 Å². The highest BCUT2D eigenvalue weighted by atomic mass is 32.1. The van der Waals surface area contributed by atoms with E-state index in [1.807, 2.05) is 35.6 Å². The van der Waals surface area contributed by atoms with E-state index >= 15 is 0 Å². The van der Waals surface area contributed by atoms with Crippen molar-refractivity contribution in [3.8, 4) is 5.75 Å². The molecule has 1 aliphatic carbocycles. The second kappa shape index (κ2) is 6.31. The summed E-state index contributed by atoms with van der Waals surface area (Å²) in [6.07, 6.45) is 3.48. The molecule has 0 fully saturated rings. The standard InChI is InChI=1S/C17H18O3S/c1-19-17(18)9-4-12-2-5-13(6-3-12)20-15-7-8-16-14(15)10-11-21-16/h2-3,5-6,10-11,15H,4,7-9H2,1H3. The van der Waals surface area contributed by atoms with Gasteiger partial charge in [-0.25, -0.2) is 0 Å². The van der Waals surface area contributed by atoms with Gasteiger partial charge in [0.05, 0.1) is 7.11 Å². The number of rotatable bonds is 5. The van der Waals surface area contributed by atoms with Crippen LogP contribution in [0.3, 0.4) is 0 Å². The van der Waals surface area contributed by atoms with Crippen LogP contribution in [0.1, 0.15) is 34.9 Å². The minimum atomic E-state index is -0.175. The molecular formula is C17H18O3S. The molecule has 0 saturated heterocycles. The van der Waals surface area contributed by atoms with Crippen LogP contribution in [0.15, 0.2) is 35.7 Å². The third-order valence-corrected chi connectivity index (χ3v) is 4.80. The van der Waals surface area contributed by atoms with Gasteiger partial charge in [0, 0.05) is 16.9 Å². The van der Waals surface area contributed by atoms with E-state index in [2.05, 4.69) is 16.2 Å². The molecule has 0 spiro atoms. The zero-order chi connectivity index (χ0) is 14.7. The molecule has 1 aliphatic rings. The number of carbonyl (C=O) groups excluding carboxylic acids is 1. The van der Waals surface area contributed by atoms with Crippen molar-refractivity contribution in [2.75, 3.05) is 7.11 Å². The van der Waals surface area contributed by atoms with E-state index in [-0.39, 0.29) is 12.1 Å². The molecule has 0 radical (unpaired) electrons. The van der Waals surface area contributed by atoms with Crippen LogP contribution in [0.25, 0.3) is 0 Å². The summed E-state index contributed by atoms with van der Waals surface area (Å²) in [5.74, 6) is 0.715. The average molecular weight is 302 g/mol. The van der Waals surface area contributed by atoms with E-state index in [0.29, 0.717) is 12.8 Å². The van der Waals surface area contributed by atoms with Crippen LogP contribution in [0.2, 0.25) is 0 Å². The molecule has 0 saturated carbocycles. The van der Waals surface area contributed by atoms with Crippen LogP contribution in [-0.4, -0.2) is 13.1 Å². The van der Waals surface area contributed by atoms with Crippen LogP contribution in [0, 0.1) is 0 Å². The Labute approximate surface area is 128 Å². The maximum atomic E-state index is 11.1. The summed E-state index contributed by atoms with van der Waals surface area (Å²) >= 11 is 1.82. The number of thiophene rings is 1. The number of methoxy groups -OCH3 is 1. The van der Waals surface area contributed by atoms with E-state index < -0.39 is 0 Å². The molecule has 0 aliphatic heterocycles. The lowest BCUT2D eigenvalue weighted by Gasteiger charge is -2.14. The van der Waals surface area contributed by atoms with E-state index in [1.165, 1.54) is 17.6 Å². The molecule has 1 atom stereocenters. The van der Waals surface area contributed by atoms with Crippen LogP contribution in [-0.2, 0) is 22.4 Å². The number of benzene rings is 1. The molecular weight excluding hydrogens is 284 g/mol. The molecule has 21 heavy (non-hydrogen) atoms. The Morgan fingerprint density at radius 2 is 2.10 bits per heavy atom. The second-order valence-electron chi connectivity index (χ2n) is 5.16. The maximum Gasteiger partial charge on any atom is 0.305 e.